The number of rotatable bonds is 5. The largest absolute Gasteiger partial charge is 0.478 e. The molecule has 0 saturated carbocycles. The molecule has 2 aromatic carbocycles. The molecule has 1 aliphatic heterocycles. The Balaban J connectivity index is 1.68. The van der Waals surface area contributed by atoms with E-state index >= 15 is 0 Å². The van der Waals surface area contributed by atoms with Gasteiger partial charge >= 0.3 is 5.97 Å². The van der Waals surface area contributed by atoms with Crippen LogP contribution in [0.15, 0.2) is 54.6 Å². The quantitative estimate of drug-likeness (QED) is 0.917. The molecule has 0 spiro atoms. The van der Waals surface area contributed by atoms with E-state index in [0.29, 0.717) is 18.8 Å². The second kappa shape index (κ2) is 5.58. The van der Waals surface area contributed by atoms with E-state index in [4.69, 9.17) is 9.47 Å². The number of benzene rings is 2. The van der Waals surface area contributed by atoms with Gasteiger partial charge in [-0.15, -0.1) is 0 Å². The number of aliphatic carboxylic acids is 1. The summed E-state index contributed by atoms with van der Waals surface area (Å²) in [5, 5.41) is 9.53. The van der Waals surface area contributed by atoms with Crippen molar-refractivity contribution in [2.24, 2.45) is 0 Å². The molecule has 4 nitrogen and oxygen atoms in total. The molecule has 2 aromatic rings. The molecule has 1 aliphatic rings. The van der Waals surface area contributed by atoms with Crippen LogP contribution in [0, 0.1) is 0 Å². The van der Waals surface area contributed by atoms with E-state index < -0.39 is 11.6 Å². The number of para-hydroxylation sites is 1. The molecule has 0 radical (unpaired) electrons. The molecule has 0 aromatic heterocycles. The summed E-state index contributed by atoms with van der Waals surface area (Å²) < 4.78 is 11.3. The molecule has 108 valence electrons. The fourth-order valence-corrected chi connectivity index (χ4v) is 2.47. The third-order valence-corrected chi connectivity index (χ3v) is 3.59. The van der Waals surface area contributed by atoms with Crippen LogP contribution in [0.25, 0.3) is 0 Å². The van der Waals surface area contributed by atoms with Gasteiger partial charge in [0.1, 0.15) is 5.75 Å². The van der Waals surface area contributed by atoms with E-state index in [-0.39, 0.29) is 6.61 Å². The first-order chi connectivity index (χ1) is 10.2. The Bertz CT molecular complexity index is 611. The van der Waals surface area contributed by atoms with Gasteiger partial charge in [0, 0.05) is 6.42 Å². The number of hydrogen-bond acceptors (Lipinski definition) is 3. The van der Waals surface area contributed by atoms with Gasteiger partial charge in [-0.3, -0.25) is 0 Å². The van der Waals surface area contributed by atoms with Gasteiger partial charge < -0.3 is 14.6 Å². The molecule has 0 bridgehead atoms. The topological polar surface area (TPSA) is 55.8 Å². The Labute approximate surface area is 122 Å². The molecule has 4 heteroatoms. The highest BCUT2D eigenvalue weighted by Crippen LogP contribution is 2.35. The van der Waals surface area contributed by atoms with Gasteiger partial charge in [0.05, 0.1) is 13.2 Å². The van der Waals surface area contributed by atoms with Crippen LogP contribution in [0.3, 0.4) is 0 Å². The van der Waals surface area contributed by atoms with E-state index in [9.17, 15) is 9.90 Å². The lowest BCUT2D eigenvalue weighted by atomic mass is 9.98. The van der Waals surface area contributed by atoms with E-state index in [1.165, 1.54) is 0 Å². The molecule has 0 fully saturated rings. The van der Waals surface area contributed by atoms with Crippen molar-refractivity contribution in [3.63, 3.8) is 0 Å². The van der Waals surface area contributed by atoms with Crippen molar-refractivity contribution < 1.29 is 19.4 Å². The minimum atomic E-state index is -1.32. The summed E-state index contributed by atoms with van der Waals surface area (Å²) in [5.41, 5.74) is 0.593. The van der Waals surface area contributed by atoms with Crippen molar-refractivity contribution in [3.05, 3.63) is 65.7 Å². The molecule has 1 heterocycles. The van der Waals surface area contributed by atoms with E-state index in [1.807, 2.05) is 48.5 Å². The standard InChI is InChI=1S/C17H16O4/c18-16(19)17(10-14-8-4-5-9-15(14)21-17)12-20-11-13-6-2-1-3-7-13/h1-9H,10-12H2,(H,18,19). The average molecular weight is 284 g/mol. The zero-order chi connectivity index (χ0) is 14.7. The highest BCUT2D eigenvalue weighted by atomic mass is 16.6. The third-order valence-electron chi connectivity index (χ3n) is 3.59. The summed E-state index contributed by atoms with van der Waals surface area (Å²) in [4.78, 5) is 11.6. The maximum atomic E-state index is 11.6. The van der Waals surface area contributed by atoms with Gasteiger partial charge in [-0.05, 0) is 17.2 Å². The van der Waals surface area contributed by atoms with Crippen molar-refractivity contribution in [3.8, 4) is 5.75 Å². The number of carboxylic acid groups (broad SMARTS) is 1. The predicted molar refractivity (Wildman–Crippen MR) is 77.2 cm³/mol. The third kappa shape index (κ3) is 2.76. The molecule has 1 unspecified atom stereocenters. The zero-order valence-electron chi connectivity index (χ0n) is 11.5. The SMILES string of the molecule is O=C(O)C1(COCc2ccccc2)Cc2ccccc2O1. The summed E-state index contributed by atoms with van der Waals surface area (Å²) in [6.07, 6.45) is 0.327. The van der Waals surface area contributed by atoms with E-state index in [1.54, 1.807) is 6.07 Å². The van der Waals surface area contributed by atoms with Crippen LogP contribution >= 0.6 is 0 Å². The molecule has 0 amide bonds. The number of carbonyl (C=O) groups is 1. The molecule has 21 heavy (non-hydrogen) atoms. The predicted octanol–water partition coefficient (Wildman–Crippen LogP) is 2.66. The van der Waals surface area contributed by atoms with Crippen molar-refractivity contribution in [1.29, 1.82) is 0 Å². The number of fused-ring (bicyclic) bond motifs is 1. The van der Waals surface area contributed by atoms with Gasteiger partial charge in [-0.1, -0.05) is 48.5 Å². The fraction of sp³-hybridized carbons (Fsp3) is 0.235. The fourth-order valence-electron chi connectivity index (χ4n) is 2.47. The first-order valence-corrected chi connectivity index (χ1v) is 6.82. The lowest BCUT2D eigenvalue weighted by Gasteiger charge is -2.23. The monoisotopic (exact) mass is 284 g/mol. The van der Waals surface area contributed by atoms with Gasteiger partial charge in [0.25, 0.3) is 0 Å². The molecule has 1 atom stereocenters. The van der Waals surface area contributed by atoms with Gasteiger partial charge in [0.15, 0.2) is 0 Å². The minimum Gasteiger partial charge on any atom is -0.478 e. The van der Waals surface area contributed by atoms with Crippen LogP contribution in [0.5, 0.6) is 5.75 Å². The maximum Gasteiger partial charge on any atom is 0.350 e. The van der Waals surface area contributed by atoms with Gasteiger partial charge in [-0.25, -0.2) is 4.79 Å². The smallest absolute Gasteiger partial charge is 0.350 e. The number of ether oxygens (including phenoxy) is 2. The highest BCUT2D eigenvalue weighted by Gasteiger charge is 2.46. The molecular formula is C17H16O4. The minimum absolute atomic E-state index is 0.0197. The maximum absolute atomic E-state index is 11.6. The Morgan fingerprint density at radius 1 is 1.14 bits per heavy atom. The van der Waals surface area contributed by atoms with Crippen molar-refractivity contribution in [2.45, 2.75) is 18.6 Å². The second-order valence-corrected chi connectivity index (χ2v) is 5.16. The summed E-state index contributed by atoms with van der Waals surface area (Å²) in [5.74, 6) is -0.366. The zero-order valence-corrected chi connectivity index (χ0v) is 11.5. The van der Waals surface area contributed by atoms with Gasteiger partial charge in [-0.2, -0.15) is 0 Å². The Morgan fingerprint density at radius 2 is 1.86 bits per heavy atom. The summed E-state index contributed by atoms with van der Waals surface area (Å²) in [6, 6.07) is 17.1. The summed E-state index contributed by atoms with van der Waals surface area (Å²) in [6.45, 7) is 0.390. The molecule has 0 saturated heterocycles. The Morgan fingerprint density at radius 3 is 2.57 bits per heavy atom. The highest BCUT2D eigenvalue weighted by molar-refractivity contribution is 5.80. The Kier molecular flexibility index (Phi) is 3.62. The summed E-state index contributed by atoms with van der Waals surface area (Å²) in [7, 11) is 0. The first kappa shape index (κ1) is 13.6. The lowest BCUT2D eigenvalue weighted by molar-refractivity contribution is -0.159. The lowest BCUT2D eigenvalue weighted by Crippen LogP contribution is -2.47. The van der Waals surface area contributed by atoms with Crippen LogP contribution in [0.1, 0.15) is 11.1 Å². The van der Waals surface area contributed by atoms with Gasteiger partial charge in [0.2, 0.25) is 5.60 Å². The molecule has 0 aliphatic carbocycles. The number of hydrogen-bond donors (Lipinski definition) is 1. The van der Waals surface area contributed by atoms with E-state index in [0.717, 1.165) is 11.1 Å². The molecular weight excluding hydrogens is 268 g/mol. The van der Waals surface area contributed by atoms with Crippen LogP contribution in [-0.4, -0.2) is 23.3 Å². The van der Waals surface area contributed by atoms with Crippen molar-refractivity contribution >= 4 is 5.97 Å². The van der Waals surface area contributed by atoms with Crippen LogP contribution in [0.2, 0.25) is 0 Å². The van der Waals surface area contributed by atoms with Crippen LogP contribution in [-0.2, 0) is 22.6 Å². The normalized spacial score (nSPS) is 19.8. The van der Waals surface area contributed by atoms with Crippen LogP contribution < -0.4 is 4.74 Å². The van der Waals surface area contributed by atoms with Crippen LogP contribution in [0.4, 0.5) is 0 Å². The second-order valence-electron chi connectivity index (χ2n) is 5.16. The molecule has 1 N–H and O–H groups in total. The first-order valence-electron chi connectivity index (χ1n) is 6.82. The molecule has 3 rings (SSSR count). The average Bonchev–Trinajstić information content (AvgIpc) is 2.88. The Hall–Kier alpha value is -2.33. The van der Waals surface area contributed by atoms with E-state index in [2.05, 4.69) is 0 Å². The summed E-state index contributed by atoms with van der Waals surface area (Å²) >= 11 is 0. The van der Waals surface area contributed by atoms with Crippen molar-refractivity contribution in [2.75, 3.05) is 6.61 Å². The number of carboxylic acids is 1. The van der Waals surface area contributed by atoms with Crippen molar-refractivity contribution in [1.82, 2.24) is 0 Å².